The number of hydrazone groups is 1. The number of anilines is 1. The van der Waals surface area contributed by atoms with Crippen molar-refractivity contribution < 1.29 is 19.4 Å². The van der Waals surface area contributed by atoms with Crippen molar-refractivity contribution in [1.29, 1.82) is 0 Å². The van der Waals surface area contributed by atoms with Crippen LogP contribution in [0.5, 0.6) is 17.2 Å². The van der Waals surface area contributed by atoms with E-state index in [1.807, 2.05) is 42.5 Å². The van der Waals surface area contributed by atoms with Gasteiger partial charge in [-0.05, 0) is 35.0 Å². The molecule has 7 heteroatoms. The Labute approximate surface area is 162 Å². The van der Waals surface area contributed by atoms with E-state index in [0.717, 1.165) is 16.5 Å². The number of phenols is 1. The van der Waals surface area contributed by atoms with Gasteiger partial charge in [0.2, 0.25) is 5.75 Å². The van der Waals surface area contributed by atoms with Crippen LogP contribution < -0.4 is 20.2 Å². The average molecular weight is 379 g/mol. The van der Waals surface area contributed by atoms with E-state index in [2.05, 4.69) is 15.8 Å². The first-order chi connectivity index (χ1) is 13.6. The zero-order valence-corrected chi connectivity index (χ0v) is 15.6. The van der Waals surface area contributed by atoms with Gasteiger partial charge in [0.05, 0.1) is 27.0 Å². The largest absolute Gasteiger partial charge is 0.502 e. The van der Waals surface area contributed by atoms with Gasteiger partial charge in [0.1, 0.15) is 0 Å². The van der Waals surface area contributed by atoms with Gasteiger partial charge in [-0.1, -0.05) is 30.3 Å². The third-order valence-electron chi connectivity index (χ3n) is 4.11. The van der Waals surface area contributed by atoms with Crippen molar-refractivity contribution in [3.8, 4) is 17.2 Å². The molecule has 28 heavy (non-hydrogen) atoms. The van der Waals surface area contributed by atoms with E-state index in [4.69, 9.17) is 9.47 Å². The van der Waals surface area contributed by atoms with Gasteiger partial charge in [-0.15, -0.1) is 0 Å². The Kier molecular flexibility index (Phi) is 5.96. The summed E-state index contributed by atoms with van der Waals surface area (Å²) in [6.07, 6.45) is 1.44. The molecular formula is C21H21N3O4. The second-order valence-electron chi connectivity index (χ2n) is 5.98. The number of ether oxygens (including phenoxy) is 2. The van der Waals surface area contributed by atoms with Crippen LogP contribution in [0.25, 0.3) is 10.8 Å². The van der Waals surface area contributed by atoms with Gasteiger partial charge in [0.25, 0.3) is 5.91 Å². The van der Waals surface area contributed by atoms with Gasteiger partial charge in [0, 0.05) is 11.3 Å². The Hall–Kier alpha value is -3.74. The molecule has 0 unspecified atom stereocenters. The molecule has 0 aliphatic rings. The lowest BCUT2D eigenvalue weighted by atomic mass is 10.1. The lowest BCUT2D eigenvalue weighted by molar-refractivity contribution is -0.119. The Bertz CT molecular complexity index is 992. The molecule has 0 aliphatic carbocycles. The van der Waals surface area contributed by atoms with Crippen LogP contribution in [0.4, 0.5) is 5.69 Å². The highest BCUT2D eigenvalue weighted by atomic mass is 16.5. The predicted molar refractivity (Wildman–Crippen MR) is 109 cm³/mol. The van der Waals surface area contributed by atoms with Crippen molar-refractivity contribution in [3.63, 3.8) is 0 Å². The van der Waals surface area contributed by atoms with Gasteiger partial charge in [-0.25, -0.2) is 5.43 Å². The third kappa shape index (κ3) is 4.50. The van der Waals surface area contributed by atoms with E-state index < -0.39 is 0 Å². The van der Waals surface area contributed by atoms with Gasteiger partial charge in [0.15, 0.2) is 11.5 Å². The van der Waals surface area contributed by atoms with Crippen molar-refractivity contribution in [2.45, 2.75) is 0 Å². The first-order valence-electron chi connectivity index (χ1n) is 8.60. The average Bonchev–Trinajstić information content (AvgIpc) is 2.73. The summed E-state index contributed by atoms with van der Waals surface area (Å²) >= 11 is 0. The molecular weight excluding hydrogens is 358 g/mol. The van der Waals surface area contributed by atoms with Crippen LogP contribution in [-0.4, -0.2) is 38.0 Å². The Morgan fingerprint density at radius 3 is 2.39 bits per heavy atom. The van der Waals surface area contributed by atoms with Gasteiger partial charge in [-0.3, -0.25) is 4.79 Å². The Morgan fingerprint density at radius 2 is 1.71 bits per heavy atom. The van der Waals surface area contributed by atoms with E-state index >= 15 is 0 Å². The molecule has 1 amide bonds. The Balaban J connectivity index is 1.57. The molecule has 0 fully saturated rings. The summed E-state index contributed by atoms with van der Waals surface area (Å²) in [6.45, 7) is 0.0813. The van der Waals surface area contributed by atoms with Crippen molar-refractivity contribution in [2.75, 3.05) is 26.1 Å². The fourth-order valence-corrected chi connectivity index (χ4v) is 2.69. The number of hydrogen-bond donors (Lipinski definition) is 3. The second kappa shape index (κ2) is 8.77. The quantitative estimate of drug-likeness (QED) is 0.433. The maximum Gasteiger partial charge on any atom is 0.259 e. The smallest absolute Gasteiger partial charge is 0.259 e. The van der Waals surface area contributed by atoms with Crippen molar-refractivity contribution in [1.82, 2.24) is 5.43 Å². The van der Waals surface area contributed by atoms with E-state index in [1.54, 1.807) is 12.1 Å². The number of carbonyl (C=O) groups is 1. The summed E-state index contributed by atoms with van der Waals surface area (Å²) in [5.74, 6) is 0.128. The predicted octanol–water partition coefficient (Wildman–Crippen LogP) is 3.12. The maximum absolute atomic E-state index is 12.0. The van der Waals surface area contributed by atoms with Crippen molar-refractivity contribution in [3.05, 3.63) is 60.2 Å². The molecule has 0 atom stereocenters. The summed E-state index contributed by atoms with van der Waals surface area (Å²) in [4.78, 5) is 12.0. The standard InChI is InChI=1S/C21H21N3O4/c1-27-18-9-14(10-19(28-2)21(18)26)12-23-24-20(25)13-22-17-8-7-15-5-3-4-6-16(15)11-17/h3-12,22,26H,13H2,1-2H3,(H,24,25)/b23-12-. The van der Waals surface area contributed by atoms with E-state index in [0.29, 0.717) is 5.56 Å². The summed E-state index contributed by atoms with van der Waals surface area (Å²) in [5, 5.41) is 19.1. The SMILES string of the molecule is COc1cc(/C=N\NC(=O)CNc2ccc3ccccc3c2)cc(OC)c1O. The minimum atomic E-state index is -0.290. The Morgan fingerprint density at radius 1 is 1.04 bits per heavy atom. The normalized spacial score (nSPS) is 10.8. The molecule has 3 aromatic rings. The first-order valence-corrected chi connectivity index (χ1v) is 8.60. The highest BCUT2D eigenvalue weighted by Gasteiger charge is 2.10. The fourth-order valence-electron chi connectivity index (χ4n) is 2.69. The molecule has 0 aromatic heterocycles. The highest BCUT2D eigenvalue weighted by Crippen LogP contribution is 2.36. The third-order valence-corrected chi connectivity index (χ3v) is 4.11. The molecule has 0 aliphatic heterocycles. The lowest BCUT2D eigenvalue weighted by Crippen LogP contribution is -2.25. The number of amides is 1. The minimum absolute atomic E-state index is 0.0813. The number of aromatic hydroxyl groups is 1. The topological polar surface area (TPSA) is 92.2 Å². The molecule has 0 saturated carbocycles. The lowest BCUT2D eigenvalue weighted by Gasteiger charge is -2.09. The first kappa shape index (κ1) is 19.0. The minimum Gasteiger partial charge on any atom is -0.502 e. The van der Waals surface area contributed by atoms with Gasteiger partial charge in [-0.2, -0.15) is 5.10 Å². The monoisotopic (exact) mass is 379 g/mol. The number of hydrogen-bond acceptors (Lipinski definition) is 6. The number of rotatable bonds is 7. The van der Waals surface area contributed by atoms with Crippen LogP contribution in [0.2, 0.25) is 0 Å². The number of carbonyl (C=O) groups excluding carboxylic acids is 1. The summed E-state index contributed by atoms with van der Waals surface area (Å²) in [5.41, 5.74) is 3.91. The molecule has 3 rings (SSSR count). The summed E-state index contributed by atoms with van der Waals surface area (Å²) in [6, 6.07) is 17.1. The number of fused-ring (bicyclic) bond motifs is 1. The molecule has 3 N–H and O–H groups in total. The van der Waals surface area contributed by atoms with Crippen LogP contribution >= 0.6 is 0 Å². The van der Waals surface area contributed by atoms with Gasteiger partial charge < -0.3 is 19.9 Å². The zero-order valence-electron chi connectivity index (χ0n) is 15.6. The van der Waals surface area contributed by atoms with Crippen LogP contribution in [0.15, 0.2) is 59.7 Å². The van der Waals surface area contributed by atoms with E-state index in [-0.39, 0.29) is 29.7 Å². The zero-order chi connectivity index (χ0) is 19.9. The molecule has 0 heterocycles. The number of nitrogens with zero attached hydrogens (tertiary/aromatic N) is 1. The second-order valence-corrected chi connectivity index (χ2v) is 5.98. The fraction of sp³-hybridized carbons (Fsp3) is 0.143. The van der Waals surface area contributed by atoms with E-state index in [1.165, 1.54) is 20.4 Å². The molecule has 144 valence electrons. The summed E-state index contributed by atoms with van der Waals surface area (Å²) < 4.78 is 10.2. The van der Waals surface area contributed by atoms with Crippen LogP contribution in [0.3, 0.4) is 0 Å². The molecule has 7 nitrogen and oxygen atoms in total. The molecule has 3 aromatic carbocycles. The molecule has 0 spiro atoms. The van der Waals surface area contributed by atoms with Crippen LogP contribution in [0.1, 0.15) is 5.56 Å². The molecule has 0 radical (unpaired) electrons. The highest BCUT2D eigenvalue weighted by molar-refractivity contribution is 5.88. The number of nitrogens with one attached hydrogen (secondary N) is 2. The van der Waals surface area contributed by atoms with Crippen molar-refractivity contribution in [2.24, 2.45) is 5.10 Å². The number of methoxy groups -OCH3 is 2. The van der Waals surface area contributed by atoms with Crippen molar-refractivity contribution >= 4 is 28.6 Å². The summed E-state index contributed by atoms with van der Waals surface area (Å²) in [7, 11) is 2.88. The molecule has 0 saturated heterocycles. The maximum atomic E-state index is 12.0. The van der Waals surface area contributed by atoms with E-state index in [9.17, 15) is 9.90 Å². The van der Waals surface area contributed by atoms with Crippen LogP contribution in [-0.2, 0) is 4.79 Å². The number of phenolic OH excluding ortho intramolecular Hbond substituents is 1. The number of benzene rings is 3. The van der Waals surface area contributed by atoms with Gasteiger partial charge >= 0.3 is 0 Å². The van der Waals surface area contributed by atoms with Crippen LogP contribution in [0, 0.1) is 0 Å². The molecule has 0 bridgehead atoms.